The van der Waals surface area contributed by atoms with Gasteiger partial charge in [-0.1, -0.05) is 46.5 Å². The highest BCUT2D eigenvalue weighted by Gasteiger charge is 2.52. The second-order valence-corrected chi connectivity index (χ2v) is 11.9. The van der Waals surface area contributed by atoms with Gasteiger partial charge in [0.2, 0.25) is 11.8 Å². The van der Waals surface area contributed by atoms with Crippen LogP contribution in [0.2, 0.25) is 0 Å². The maximum Gasteiger partial charge on any atom is 0.326 e. The lowest BCUT2D eigenvalue weighted by Gasteiger charge is -2.37. The van der Waals surface area contributed by atoms with Crippen LogP contribution in [0.15, 0.2) is 18.6 Å². The largest absolute Gasteiger partial charge is 0.480 e. The molecule has 1 unspecified atom stereocenters. The third-order valence-electron chi connectivity index (χ3n) is 8.31. The minimum atomic E-state index is -0.988. The fourth-order valence-corrected chi connectivity index (χ4v) is 6.39. The number of carboxylic acid groups (broad SMARTS) is 1. The van der Waals surface area contributed by atoms with E-state index in [1.807, 2.05) is 20.8 Å². The molecule has 3 N–H and O–H groups in total. The molecular weight excluding hydrogens is 474 g/mol. The van der Waals surface area contributed by atoms with E-state index in [0.29, 0.717) is 6.54 Å². The van der Waals surface area contributed by atoms with E-state index in [1.165, 1.54) is 23.5 Å². The van der Waals surface area contributed by atoms with Crippen molar-refractivity contribution in [3.63, 3.8) is 0 Å². The van der Waals surface area contributed by atoms with Crippen molar-refractivity contribution in [2.75, 3.05) is 6.54 Å². The first-order chi connectivity index (χ1) is 17.6. The van der Waals surface area contributed by atoms with Crippen LogP contribution in [0.5, 0.6) is 0 Å². The molecule has 0 aromatic carbocycles. The van der Waals surface area contributed by atoms with Gasteiger partial charge < -0.3 is 20.6 Å². The Hall–Kier alpha value is -3.04. The molecule has 1 aliphatic heterocycles. The zero-order valence-electron chi connectivity index (χ0n) is 22.0. The predicted molar refractivity (Wildman–Crippen MR) is 135 cm³/mol. The summed E-state index contributed by atoms with van der Waals surface area (Å²) in [6.07, 6.45) is 11.5. The molecule has 0 spiro atoms. The minimum Gasteiger partial charge on any atom is -0.480 e. The standard InChI is InChI=1S/C27H39N5O5/c1-27(2,3)22(25(35)32-15-17-10-7-11-18(17)21(32)26(36)37)31-24(34)20(16-8-5-4-6-9-16)30-23(33)19-14-28-12-13-29-19/h12-14,16-18,20-22H,4-11,15H2,1-3H3,(H,30,33)(H,31,34)(H,36,37)/t17-,18-,20+,21?,22+/m0/s1. The van der Waals surface area contributed by atoms with Crippen LogP contribution in [-0.2, 0) is 14.4 Å². The number of rotatable bonds is 7. The van der Waals surface area contributed by atoms with Gasteiger partial charge in [0.05, 0.1) is 6.20 Å². The van der Waals surface area contributed by atoms with Crippen molar-refractivity contribution in [2.24, 2.45) is 23.2 Å². The van der Waals surface area contributed by atoms with Crippen molar-refractivity contribution in [3.05, 3.63) is 24.3 Å². The number of carbonyl (C=O) groups is 4. The molecule has 10 nitrogen and oxygen atoms in total. The summed E-state index contributed by atoms with van der Waals surface area (Å²) in [5.74, 6) is -2.20. The molecule has 1 saturated heterocycles. The van der Waals surface area contributed by atoms with Crippen LogP contribution in [-0.4, -0.2) is 68.3 Å². The molecule has 2 saturated carbocycles. The number of amides is 3. The maximum atomic E-state index is 13.9. The Kier molecular flexibility index (Phi) is 8.14. The maximum absolute atomic E-state index is 13.9. The molecule has 3 aliphatic rings. The molecule has 0 bridgehead atoms. The smallest absolute Gasteiger partial charge is 0.326 e. The molecule has 3 fully saturated rings. The molecule has 37 heavy (non-hydrogen) atoms. The minimum absolute atomic E-state index is 0.0426. The second kappa shape index (κ2) is 11.1. The van der Waals surface area contributed by atoms with Crippen LogP contribution < -0.4 is 10.6 Å². The molecule has 202 valence electrons. The van der Waals surface area contributed by atoms with Crippen LogP contribution in [0, 0.1) is 23.2 Å². The highest BCUT2D eigenvalue weighted by Crippen LogP contribution is 2.43. The summed E-state index contributed by atoms with van der Waals surface area (Å²) in [6, 6.07) is -2.63. The van der Waals surface area contributed by atoms with Crippen molar-refractivity contribution < 1.29 is 24.3 Å². The average Bonchev–Trinajstić information content (AvgIpc) is 3.47. The third-order valence-corrected chi connectivity index (χ3v) is 8.31. The fourth-order valence-electron chi connectivity index (χ4n) is 6.39. The Labute approximate surface area is 218 Å². The summed E-state index contributed by atoms with van der Waals surface area (Å²) in [7, 11) is 0. The van der Waals surface area contributed by atoms with Crippen LogP contribution in [0.3, 0.4) is 0 Å². The summed E-state index contributed by atoms with van der Waals surface area (Å²) in [4.78, 5) is 62.2. The normalized spacial score (nSPS) is 25.7. The van der Waals surface area contributed by atoms with E-state index in [1.54, 1.807) is 0 Å². The highest BCUT2D eigenvalue weighted by molar-refractivity contribution is 5.97. The van der Waals surface area contributed by atoms with Gasteiger partial charge >= 0.3 is 5.97 Å². The van der Waals surface area contributed by atoms with E-state index in [4.69, 9.17) is 0 Å². The molecule has 1 aromatic heterocycles. The number of hydrogen-bond acceptors (Lipinski definition) is 6. The van der Waals surface area contributed by atoms with Gasteiger partial charge in [0, 0.05) is 18.9 Å². The molecule has 4 rings (SSSR count). The van der Waals surface area contributed by atoms with E-state index in [2.05, 4.69) is 20.6 Å². The Morgan fingerprint density at radius 1 is 1.00 bits per heavy atom. The summed E-state index contributed by atoms with van der Waals surface area (Å²) in [5.41, 5.74) is -0.549. The second-order valence-electron chi connectivity index (χ2n) is 11.9. The summed E-state index contributed by atoms with van der Waals surface area (Å²) < 4.78 is 0. The zero-order valence-corrected chi connectivity index (χ0v) is 22.0. The number of aliphatic carboxylic acids is 1. The number of aromatic nitrogens is 2. The Bertz CT molecular complexity index is 1000. The van der Waals surface area contributed by atoms with Gasteiger partial charge in [0.1, 0.15) is 23.8 Å². The number of fused-ring (bicyclic) bond motifs is 1. The lowest BCUT2D eigenvalue weighted by Crippen LogP contribution is -2.61. The van der Waals surface area contributed by atoms with Crippen LogP contribution in [0.1, 0.15) is 82.6 Å². The number of carbonyl (C=O) groups excluding carboxylic acids is 3. The molecule has 0 radical (unpaired) electrons. The lowest BCUT2D eigenvalue weighted by molar-refractivity contribution is -0.152. The van der Waals surface area contributed by atoms with E-state index >= 15 is 0 Å². The van der Waals surface area contributed by atoms with Crippen molar-refractivity contribution >= 4 is 23.7 Å². The van der Waals surface area contributed by atoms with Crippen LogP contribution >= 0.6 is 0 Å². The van der Waals surface area contributed by atoms with Crippen LogP contribution in [0.25, 0.3) is 0 Å². The van der Waals surface area contributed by atoms with E-state index in [0.717, 1.165) is 51.4 Å². The number of carboxylic acids is 1. The first kappa shape index (κ1) is 27.0. The van der Waals surface area contributed by atoms with Gasteiger partial charge in [-0.25, -0.2) is 9.78 Å². The number of likely N-dealkylation sites (tertiary alicyclic amines) is 1. The lowest BCUT2D eigenvalue weighted by atomic mass is 9.82. The summed E-state index contributed by atoms with van der Waals surface area (Å²) in [5, 5.41) is 15.8. The van der Waals surface area contributed by atoms with Crippen molar-refractivity contribution in [1.29, 1.82) is 0 Å². The van der Waals surface area contributed by atoms with E-state index in [9.17, 15) is 24.3 Å². The quantitative estimate of drug-likeness (QED) is 0.508. The number of nitrogens with zero attached hydrogens (tertiary/aromatic N) is 3. The molecule has 3 amide bonds. The van der Waals surface area contributed by atoms with Crippen molar-refractivity contribution in [2.45, 2.75) is 90.3 Å². The Morgan fingerprint density at radius 3 is 2.35 bits per heavy atom. The third kappa shape index (κ3) is 5.93. The molecule has 10 heteroatoms. The van der Waals surface area contributed by atoms with Gasteiger partial charge in [-0.2, -0.15) is 0 Å². The fraction of sp³-hybridized carbons (Fsp3) is 0.704. The highest BCUT2D eigenvalue weighted by atomic mass is 16.4. The monoisotopic (exact) mass is 513 g/mol. The summed E-state index contributed by atoms with van der Waals surface area (Å²) in [6.45, 7) is 5.97. The molecule has 2 heterocycles. The summed E-state index contributed by atoms with van der Waals surface area (Å²) >= 11 is 0. The first-order valence-corrected chi connectivity index (χ1v) is 13.5. The first-order valence-electron chi connectivity index (χ1n) is 13.5. The van der Waals surface area contributed by atoms with Gasteiger partial charge in [-0.3, -0.25) is 19.4 Å². The number of nitrogens with one attached hydrogen (secondary N) is 2. The van der Waals surface area contributed by atoms with Crippen molar-refractivity contribution in [3.8, 4) is 0 Å². The Balaban J connectivity index is 1.56. The molecule has 1 aromatic rings. The van der Waals surface area contributed by atoms with E-state index in [-0.39, 0.29) is 29.4 Å². The SMILES string of the molecule is CC(C)(C)[C@H](NC(=O)[C@H](NC(=O)c1cnccn1)C1CCCCC1)C(=O)N1C[C@@H]2CCC[C@@H]2C1C(=O)O. The van der Waals surface area contributed by atoms with E-state index < -0.39 is 41.3 Å². The number of hydrogen-bond donors (Lipinski definition) is 3. The van der Waals surface area contributed by atoms with Gasteiger partial charge in [0.25, 0.3) is 5.91 Å². The predicted octanol–water partition coefficient (Wildman–Crippen LogP) is 2.40. The topological polar surface area (TPSA) is 142 Å². The van der Waals surface area contributed by atoms with Crippen LogP contribution in [0.4, 0.5) is 0 Å². The van der Waals surface area contributed by atoms with Gasteiger partial charge in [-0.15, -0.1) is 0 Å². The van der Waals surface area contributed by atoms with Crippen molar-refractivity contribution in [1.82, 2.24) is 25.5 Å². The average molecular weight is 514 g/mol. The van der Waals surface area contributed by atoms with Gasteiger partial charge in [-0.05, 0) is 48.9 Å². The molecule has 5 atom stereocenters. The molecular formula is C27H39N5O5. The Morgan fingerprint density at radius 2 is 1.73 bits per heavy atom. The zero-order chi connectivity index (χ0) is 26.7. The molecule has 2 aliphatic carbocycles. The van der Waals surface area contributed by atoms with Gasteiger partial charge in [0.15, 0.2) is 0 Å².